The highest BCUT2D eigenvalue weighted by atomic mass is 32.2. The lowest BCUT2D eigenvalue weighted by Crippen LogP contribution is -2.23. The minimum absolute atomic E-state index is 0.0639. The molecule has 0 fully saturated rings. The lowest BCUT2D eigenvalue weighted by atomic mass is 10.1. The zero-order valence-electron chi connectivity index (χ0n) is 14.1. The van der Waals surface area contributed by atoms with Crippen molar-refractivity contribution < 1.29 is 4.79 Å². The average molecular weight is 369 g/mol. The van der Waals surface area contributed by atoms with Crippen molar-refractivity contribution in [3.8, 4) is 11.3 Å². The third-order valence-electron chi connectivity index (χ3n) is 3.96. The summed E-state index contributed by atoms with van der Waals surface area (Å²) in [6, 6.07) is 14.4. The minimum atomic E-state index is 0.0639. The van der Waals surface area contributed by atoms with Crippen LogP contribution in [-0.2, 0) is 17.8 Å². The molecule has 1 aromatic carbocycles. The molecule has 1 N–H and O–H groups in total. The largest absolute Gasteiger partial charge is 0.352 e. The van der Waals surface area contributed by atoms with E-state index in [0.29, 0.717) is 13.0 Å². The van der Waals surface area contributed by atoms with Gasteiger partial charge in [0.1, 0.15) is 0 Å². The zero-order chi connectivity index (χ0) is 17.5. The maximum absolute atomic E-state index is 12.2. The second-order valence-corrected chi connectivity index (χ2v) is 7.31. The summed E-state index contributed by atoms with van der Waals surface area (Å²) >= 11 is 3.37. The Kier molecular flexibility index (Phi) is 6.25. The van der Waals surface area contributed by atoms with Gasteiger partial charge in [-0.1, -0.05) is 18.2 Å². The van der Waals surface area contributed by atoms with Crippen molar-refractivity contribution >= 4 is 29.0 Å². The van der Waals surface area contributed by atoms with Gasteiger partial charge in [-0.25, -0.2) is 0 Å². The maximum Gasteiger partial charge on any atom is 0.220 e. The summed E-state index contributed by atoms with van der Waals surface area (Å²) in [7, 11) is 0. The average Bonchev–Trinajstić information content (AvgIpc) is 3.20. The smallest absolute Gasteiger partial charge is 0.220 e. The Bertz CT molecular complexity index is 814. The first kappa shape index (κ1) is 17.7. The number of nitrogens with zero attached hydrogens (tertiary/aromatic N) is 1. The summed E-state index contributed by atoms with van der Waals surface area (Å²) in [5.41, 5.74) is 4.27. The summed E-state index contributed by atoms with van der Waals surface area (Å²) in [5.74, 6) is 0.0639. The van der Waals surface area contributed by atoms with Crippen molar-refractivity contribution in [1.29, 1.82) is 0 Å². The van der Waals surface area contributed by atoms with E-state index in [1.165, 1.54) is 10.5 Å². The van der Waals surface area contributed by atoms with Gasteiger partial charge in [-0.05, 0) is 53.4 Å². The fraction of sp³-hybridized carbons (Fsp3) is 0.200. The number of carbonyl (C=O) groups excluding carboxylic acids is 1. The van der Waals surface area contributed by atoms with Gasteiger partial charge in [0.05, 0.1) is 5.69 Å². The Morgan fingerprint density at radius 2 is 2.04 bits per heavy atom. The van der Waals surface area contributed by atoms with E-state index in [2.05, 4.69) is 52.3 Å². The van der Waals surface area contributed by atoms with E-state index in [1.54, 1.807) is 29.3 Å². The second kappa shape index (κ2) is 8.83. The number of hydrogen-bond donors (Lipinski definition) is 1. The van der Waals surface area contributed by atoms with Crippen molar-refractivity contribution in [1.82, 2.24) is 10.3 Å². The third-order valence-corrected chi connectivity index (χ3v) is 5.39. The molecule has 0 saturated heterocycles. The summed E-state index contributed by atoms with van der Waals surface area (Å²) in [6.45, 7) is 0.503. The predicted molar refractivity (Wildman–Crippen MR) is 106 cm³/mol. The van der Waals surface area contributed by atoms with E-state index in [-0.39, 0.29) is 5.91 Å². The van der Waals surface area contributed by atoms with Crippen LogP contribution in [0.3, 0.4) is 0 Å². The topological polar surface area (TPSA) is 42.0 Å². The van der Waals surface area contributed by atoms with Crippen LogP contribution >= 0.6 is 23.1 Å². The molecule has 0 atom stereocenters. The Labute approximate surface area is 156 Å². The molecule has 0 bridgehead atoms. The number of aryl methyl sites for hydroxylation is 1. The number of hydrogen-bond acceptors (Lipinski definition) is 4. The monoisotopic (exact) mass is 368 g/mol. The van der Waals surface area contributed by atoms with Crippen LogP contribution in [0.4, 0.5) is 0 Å². The molecule has 25 heavy (non-hydrogen) atoms. The molecular weight excluding hydrogens is 348 g/mol. The molecule has 5 heteroatoms. The van der Waals surface area contributed by atoms with E-state index in [9.17, 15) is 4.79 Å². The lowest BCUT2D eigenvalue weighted by Gasteiger charge is -2.09. The van der Waals surface area contributed by atoms with Crippen LogP contribution in [0.5, 0.6) is 0 Å². The molecule has 3 rings (SSSR count). The summed E-state index contributed by atoms with van der Waals surface area (Å²) in [4.78, 5) is 17.9. The SMILES string of the molecule is CSc1ccc(CCC(=O)NCc2cccnc2-c2ccsc2)cc1. The number of amides is 1. The maximum atomic E-state index is 12.2. The normalized spacial score (nSPS) is 10.6. The molecule has 1 amide bonds. The molecule has 3 aromatic rings. The molecule has 0 unspecified atom stereocenters. The van der Waals surface area contributed by atoms with Gasteiger partial charge < -0.3 is 5.32 Å². The molecule has 3 nitrogen and oxygen atoms in total. The quantitative estimate of drug-likeness (QED) is 0.610. The number of aromatic nitrogens is 1. The standard InChI is InChI=1S/C20H20N2OS2/c1-24-18-7-4-15(5-8-18)6-9-19(23)22-13-16-3-2-11-21-20(16)17-10-12-25-14-17/h2-5,7-8,10-12,14H,6,9,13H2,1H3,(H,22,23). The van der Waals surface area contributed by atoms with Crippen molar-refractivity contribution in [3.05, 3.63) is 70.5 Å². The molecule has 0 radical (unpaired) electrons. The van der Waals surface area contributed by atoms with E-state index in [0.717, 1.165) is 23.2 Å². The van der Waals surface area contributed by atoms with E-state index >= 15 is 0 Å². The van der Waals surface area contributed by atoms with Crippen molar-refractivity contribution in [3.63, 3.8) is 0 Å². The second-order valence-electron chi connectivity index (χ2n) is 5.65. The Morgan fingerprint density at radius 3 is 2.76 bits per heavy atom. The first-order chi connectivity index (χ1) is 12.3. The van der Waals surface area contributed by atoms with Crippen LogP contribution in [0.25, 0.3) is 11.3 Å². The van der Waals surface area contributed by atoms with Gasteiger partial charge in [0.25, 0.3) is 0 Å². The number of nitrogens with one attached hydrogen (secondary N) is 1. The van der Waals surface area contributed by atoms with Crippen molar-refractivity contribution in [2.45, 2.75) is 24.3 Å². The predicted octanol–water partition coefficient (Wildman–Crippen LogP) is 4.78. The number of pyridine rings is 1. The first-order valence-electron chi connectivity index (χ1n) is 8.12. The number of carbonyl (C=O) groups is 1. The van der Waals surface area contributed by atoms with Gasteiger partial charge in [-0.2, -0.15) is 11.3 Å². The third kappa shape index (κ3) is 4.94. The van der Waals surface area contributed by atoms with Crippen LogP contribution < -0.4 is 5.32 Å². The number of thiophene rings is 1. The van der Waals surface area contributed by atoms with Gasteiger partial charge in [0.15, 0.2) is 0 Å². The highest BCUT2D eigenvalue weighted by Gasteiger charge is 2.08. The van der Waals surface area contributed by atoms with Crippen LogP contribution in [0.2, 0.25) is 0 Å². The highest BCUT2D eigenvalue weighted by molar-refractivity contribution is 7.98. The van der Waals surface area contributed by atoms with E-state index in [1.807, 2.05) is 17.5 Å². The molecular formula is C20H20N2OS2. The molecule has 2 aromatic heterocycles. The summed E-state index contributed by atoms with van der Waals surface area (Å²) in [6.07, 6.45) is 5.10. The lowest BCUT2D eigenvalue weighted by molar-refractivity contribution is -0.121. The Balaban J connectivity index is 1.54. The Hall–Kier alpha value is -2.11. The van der Waals surface area contributed by atoms with Crippen molar-refractivity contribution in [2.75, 3.05) is 6.26 Å². The fourth-order valence-corrected chi connectivity index (χ4v) is 3.62. The van der Waals surface area contributed by atoms with E-state index < -0.39 is 0 Å². The van der Waals surface area contributed by atoms with Crippen LogP contribution in [0.15, 0.2) is 64.3 Å². The van der Waals surface area contributed by atoms with Gasteiger partial charge in [0, 0.05) is 35.0 Å². The summed E-state index contributed by atoms with van der Waals surface area (Å²) in [5, 5.41) is 7.13. The number of thioether (sulfide) groups is 1. The molecule has 0 aliphatic heterocycles. The van der Waals surface area contributed by atoms with Crippen LogP contribution in [-0.4, -0.2) is 17.1 Å². The molecule has 0 spiro atoms. The van der Waals surface area contributed by atoms with Gasteiger partial charge in [-0.3, -0.25) is 9.78 Å². The van der Waals surface area contributed by atoms with Crippen LogP contribution in [0.1, 0.15) is 17.5 Å². The molecule has 0 aliphatic carbocycles. The summed E-state index contributed by atoms with van der Waals surface area (Å²) < 4.78 is 0. The molecule has 128 valence electrons. The highest BCUT2D eigenvalue weighted by Crippen LogP contribution is 2.23. The number of rotatable bonds is 7. The van der Waals surface area contributed by atoms with Crippen LogP contribution in [0, 0.1) is 0 Å². The number of benzene rings is 1. The molecule has 2 heterocycles. The van der Waals surface area contributed by atoms with Gasteiger partial charge >= 0.3 is 0 Å². The van der Waals surface area contributed by atoms with E-state index in [4.69, 9.17) is 0 Å². The molecule has 0 saturated carbocycles. The first-order valence-corrected chi connectivity index (χ1v) is 10.3. The Morgan fingerprint density at radius 1 is 1.20 bits per heavy atom. The molecule has 0 aliphatic rings. The zero-order valence-corrected chi connectivity index (χ0v) is 15.7. The van der Waals surface area contributed by atoms with Crippen molar-refractivity contribution in [2.24, 2.45) is 0 Å². The fourth-order valence-electron chi connectivity index (χ4n) is 2.57. The minimum Gasteiger partial charge on any atom is -0.352 e. The van der Waals surface area contributed by atoms with Gasteiger partial charge in [0.2, 0.25) is 5.91 Å². The van der Waals surface area contributed by atoms with Gasteiger partial charge in [-0.15, -0.1) is 11.8 Å².